The summed E-state index contributed by atoms with van der Waals surface area (Å²) in [5.41, 5.74) is 1.44. The van der Waals surface area contributed by atoms with Crippen molar-refractivity contribution < 1.29 is 62.2 Å². The molecule has 2 unspecified atom stereocenters. The molecule has 0 spiro atoms. The summed E-state index contributed by atoms with van der Waals surface area (Å²) in [6, 6.07) is 72.8. The Morgan fingerprint density at radius 3 is 0.880 bits per heavy atom. The van der Waals surface area contributed by atoms with Gasteiger partial charge in [0, 0.05) is 45.3 Å². The molecule has 16 rings (SSSR count). The van der Waals surface area contributed by atoms with Crippen molar-refractivity contribution in [1.82, 2.24) is 0 Å². The molecule has 0 aromatic heterocycles. The summed E-state index contributed by atoms with van der Waals surface area (Å²) in [4.78, 5) is 3.39. The maximum absolute atomic E-state index is 17.2. The maximum Gasteiger partial charge on any atom is 0.200 e. The Morgan fingerprint density at radius 1 is 0.278 bits per heavy atom. The second-order valence-corrected chi connectivity index (χ2v) is 26.4. The number of aryl methyl sites for hydroxylation is 2. The number of halogens is 12. The van der Waals surface area contributed by atoms with Gasteiger partial charge in [-0.2, -0.15) is 0 Å². The van der Waals surface area contributed by atoms with Gasteiger partial charge in [0.05, 0.1) is 10.8 Å². The van der Waals surface area contributed by atoms with E-state index in [2.05, 4.69) is 13.2 Å². The number of ether oxygens (including phenoxy) is 2. The molecule has 16 heteroatoms. The number of hydrogen-bond donors (Lipinski definition) is 0. The minimum absolute atomic E-state index is 0.114. The Hall–Kier alpha value is -13.1. The summed E-state index contributed by atoms with van der Waals surface area (Å²) >= 11 is 0. The van der Waals surface area contributed by atoms with Gasteiger partial charge in [-0.05, 0) is 224 Å². The zero-order chi connectivity index (χ0) is 75.2. The highest BCUT2D eigenvalue weighted by molar-refractivity contribution is 5.92. The highest BCUT2D eigenvalue weighted by Crippen LogP contribution is 2.61. The van der Waals surface area contributed by atoms with Crippen LogP contribution in [0.4, 0.5) is 86.8 Å². The van der Waals surface area contributed by atoms with E-state index >= 15 is 52.7 Å². The van der Waals surface area contributed by atoms with Crippen molar-refractivity contribution in [3.63, 3.8) is 0 Å². The van der Waals surface area contributed by atoms with E-state index in [1.54, 1.807) is 242 Å². The molecule has 530 valence electrons. The van der Waals surface area contributed by atoms with Crippen molar-refractivity contribution in [1.29, 1.82) is 0 Å². The standard InChI is InChI=1S/C92H56F12N2O2/c1-5-53-17-37-65(38-18-53)107-67-41-25-57(26-42-67)91(79-81(95)85(99)89(103)86(100)82(79)96)73-13-9-7-11-69(73)71-45-35-61(47-75(71)91)105(63-29-15-51(3)77(93)49-63)59-31-21-55(22-32-59)56-23-33-60(34-24-56)106(64-30-16-52(4)78(94)50-64)62-36-46-72-70-12-8-10-14-74(70)92(76(72)48-62,80-83(97)87(101)90(104)88(102)84(80)98)58-27-43-68(44-28-58)108-66-39-19-54(6-2)20-40-66/h5-50H,1-2H2,3-4H3. The minimum atomic E-state index is -2.34. The van der Waals surface area contributed by atoms with Gasteiger partial charge in [-0.1, -0.05) is 171 Å². The fraction of sp³-hybridized carbons (Fsp3) is 0.0435. The van der Waals surface area contributed by atoms with Crippen LogP contribution in [-0.2, 0) is 10.8 Å². The summed E-state index contributed by atoms with van der Waals surface area (Å²) in [5.74, 6) is -21.2. The van der Waals surface area contributed by atoms with Crippen LogP contribution in [0.3, 0.4) is 0 Å². The molecule has 14 aromatic carbocycles. The Labute approximate surface area is 612 Å². The Kier molecular flexibility index (Phi) is 17.4. The van der Waals surface area contributed by atoms with E-state index in [0.717, 1.165) is 11.1 Å². The molecular weight excluding hydrogens is 1390 g/mol. The first-order valence-corrected chi connectivity index (χ1v) is 34.1. The second-order valence-electron chi connectivity index (χ2n) is 26.4. The first-order valence-electron chi connectivity index (χ1n) is 34.1. The molecule has 0 amide bonds. The van der Waals surface area contributed by atoms with E-state index in [1.807, 2.05) is 0 Å². The molecule has 0 N–H and O–H groups in total. The highest BCUT2D eigenvalue weighted by atomic mass is 19.2. The van der Waals surface area contributed by atoms with Crippen molar-refractivity contribution in [2.24, 2.45) is 0 Å². The molecule has 108 heavy (non-hydrogen) atoms. The number of nitrogens with zero attached hydrogens (tertiary/aromatic N) is 2. The van der Waals surface area contributed by atoms with Gasteiger partial charge >= 0.3 is 0 Å². The Balaban J connectivity index is 0.806. The van der Waals surface area contributed by atoms with Crippen molar-refractivity contribution in [3.05, 3.63) is 417 Å². The Bertz CT molecular complexity index is 5550. The third-order valence-corrected chi connectivity index (χ3v) is 20.4. The van der Waals surface area contributed by atoms with Gasteiger partial charge in [-0.25, -0.2) is 52.7 Å². The molecule has 0 bridgehead atoms. The lowest BCUT2D eigenvalue weighted by molar-refractivity contribution is 0.363. The van der Waals surface area contributed by atoms with Crippen molar-refractivity contribution in [3.8, 4) is 56.4 Å². The van der Waals surface area contributed by atoms with Crippen LogP contribution in [0.25, 0.3) is 45.5 Å². The molecule has 0 saturated heterocycles. The molecule has 0 saturated carbocycles. The average molecular weight is 1450 g/mol. The van der Waals surface area contributed by atoms with Gasteiger partial charge in [0.1, 0.15) is 34.6 Å². The number of rotatable bonds is 17. The van der Waals surface area contributed by atoms with Crippen molar-refractivity contribution >= 4 is 46.3 Å². The van der Waals surface area contributed by atoms with Crippen LogP contribution in [0.1, 0.15) is 66.8 Å². The normalized spacial score (nSPS) is 14.5. The molecule has 0 heterocycles. The van der Waals surface area contributed by atoms with Crippen LogP contribution in [0.2, 0.25) is 0 Å². The predicted molar refractivity (Wildman–Crippen MR) is 398 cm³/mol. The second kappa shape index (κ2) is 27.1. The zero-order valence-electron chi connectivity index (χ0n) is 57.2. The molecule has 2 atom stereocenters. The van der Waals surface area contributed by atoms with E-state index in [9.17, 15) is 0 Å². The van der Waals surface area contributed by atoms with Crippen LogP contribution in [-0.4, -0.2) is 0 Å². The van der Waals surface area contributed by atoms with Gasteiger partial charge in [0.25, 0.3) is 0 Å². The summed E-state index contributed by atoms with van der Waals surface area (Å²) in [7, 11) is 0. The van der Waals surface area contributed by atoms with E-state index in [0.29, 0.717) is 78.8 Å². The predicted octanol–water partition coefficient (Wildman–Crippen LogP) is 26.2. The van der Waals surface area contributed by atoms with E-state index in [4.69, 9.17) is 9.47 Å². The largest absolute Gasteiger partial charge is 0.457 e. The topological polar surface area (TPSA) is 24.9 Å². The highest BCUT2D eigenvalue weighted by Gasteiger charge is 2.53. The summed E-state index contributed by atoms with van der Waals surface area (Å²) in [6.45, 7) is 10.8. The number of anilines is 6. The third-order valence-electron chi connectivity index (χ3n) is 20.4. The molecule has 2 aliphatic carbocycles. The number of hydrogen-bond acceptors (Lipinski definition) is 4. The quantitative estimate of drug-likeness (QED) is 0.0515. The van der Waals surface area contributed by atoms with Crippen molar-refractivity contribution in [2.45, 2.75) is 24.7 Å². The van der Waals surface area contributed by atoms with E-state index in [-0.39, 0.29) is 56.3 Å². The van der Waals surface area contributed by atoms with Crippen LogP contribution >= 0.6 is 0 Å². The van der Waals surface area contributed by atoms with Crippen LogP contribution in [0.15, 0.2) is 280 Å². The maximum atomic E-state index is 17.2. The van der Waals surface area contributed by atoms with Crippen LogP contribution in [0.5, 0.6) is 23.0 Å². The molecule has 0 fully saturated rings. The lowest BCUT2D eigenvalue weighted by atomic mass is 9.67. The Morgan fingerprint density at radius 2 is 0.556 bits per heavy atom. The van der Waals surface area contributed by atoms with E-state index in [1.165, 1.54) is 60.7 Å². The summed E-state index contributed by atoms with van der Waals surface area (Å²) in [6.07, 6.45) is 3.33. The lowest BCUT2D eigenvalue weighted by Gasteiger charge is -2.35. The van der Waals surface area contributed by atoms with Crippen molar-refractivity contribution in [2.75, 3.05) is 9.80 Å². The monoisotopic (exact) mass is 1450 g/mol. The number of benzene rings is 14. The summed E-state index contributed by atoms with van der Waals surface area (Å²) in [5, 5.41) is 0. The smallest absolute Gasteiger partial charge is 0.200 e. The number of fused-ring (bicyclic) bond motifs is 6. The first-order chi connectivity index (χ1) is 52.2. The van der Waals surface area contributed by atoms with Gasteiger partial charge in [-0.3, -0.25) is 0 Å². The van der Waals surface area contributed by atoms with Gasteiger partial charge in [0.2, 0.25) is 11.6 Å². The third kappa shape index (κ3) is 11.2. The molecule has 0 radical (unpaired) electrons. The first kappa shape index (κ1) is 69.3. The van der Waals surface area contributed by atoms with Gasteiger partial charge in [0.15, 0.2) is 46.5 Å². The summed E-state index contributed by atoms with van der Waals surface area (Å²) < 4.78 is 208. The molecular formula is C92H56F12N2O2. The van der Waals surface area contributed by atoms with Gasteiger partial charge < -0.3 is 19.3 Å². The average Bonchev–Trinajstić information content (AvgIpc) is 1.51. The molecule has 14 aromatic rings. The fourth-order valence-corrected chi connectivity index (χ4v) is 15.2. The molecule has 2 aliphatic rings. The van der Waals surface area contributed by atoms with E-state index < -0.39 is 91.8 Å². The SMILES string of the molecule is C=Cc1ccc(Oc2ccc(C3(c4c(F)c(F)c(F)c(F)c4F)c4ccccc4-c4ccc(N(c5ccc(-c6ccc(N(c7ccc(C)c(F)c7)c7ccc8c(c7)C(c7ccc(Oc9ccc(C=C)cc9)cc7)(c7c(F)c(F)c(F)c(F)c7F)c7ccccc7-8)cc6)cc5)c5ccc(C)c(F)c5)cc43)cc2)cc1. The molecule has 0 aliphatic heterocycles. The lowest BCUT2D eigenvalue weighted by Crippen LogP contribution is -2.32. The minimum Gasteiger partial charge on any atom is -0.457 e. The molecule has 4 nitrogen and oxygen atoms in total. The zero-order valence-corrected chi connectivity index (χ0v) is 57.2. The van der Waals surface area contributed by atoms with Crippen LogP contribution < -0.4 is 19.3 Å². The van der Waals surface area contributed by atoms with Gasteiger partial charge in [-0.15, -0.1) is 0 Å². The fourth-order valence-electron chi connectivity index (χ4n) is 15.2. The van der Waals surface area contributed by atoms with Crippen LogP contribution in [0, 0.1) is 83.7 Å².